The molecule has 0 saturated heterocycles. The van der Waals surface area contributed by atoms with E-state index in [2.05, 4.69) is 0 Å². The van der Waals surface area contributed by atoms with Crippen molar-refractivity contribution in [3.63, 3.8) is 0 Å². The Bertz CT molecular complexity index is 931. The summed E-state index contributed by atoms with van der Waals surface area (Å²) in [6.07, 6.45) is 4.35. The minimum absolute atomic E-state index is 0.0621. The Hall–Kier alpha value is -3.78. The van der Waals surface area contributed by atoms with Crippen LogP contribution in [-0.2, 0) is 19.1 Å². The number of aliphatic hydroxyl groups is 1. The van der Waals surface area contributed by atoms with E-state index in [9.17, 15) is 19.8 Å². The molecule has 0 aliphatic heterocycles. The predicted molar refractivity (Wildman–Crippen MR) is 114 cm³/mol. The maximum absolute atomic E-state index is 11.9. The molecule has 164 valence electrons. The fourth-order valence-electron chi connectivity index (χ4n) is 2.40. The molecule has 0 spiro atoms. The van der Waals surface area contributed by atoms with E-state index in [0.29, 0.717) is 17.1 Å². The van der Waals surface area contributed by atoms with Crippen LogP contribution in [0.2, 0.25) is 0 Å². The number of methoxy groups -OCH3 is 2. The summed E-state index contributed by atoms with van der Waals surface area (Å²) in [6.45, 7) is -0.818. The SMILES string of the molecule is COc1ccc(C=CC(=O)OC(CO)COC(=O)C=Cc2ccc(OC)c(O)c2)cc1. The van der Waals surface area contributed by atoms with Crippen LogP contribution in [-0.4, -0.2) is 55.7 Å². The van der Waals surface area contributed by atoms with Gasteiger partial charge in [0.05, 0.1) is 20.8 Å². The maximum Gasteiger partial charge on any atom is 0.331 e. The van der Waals surface area contributed by atoms with Crippen LogP contribution in [0.25, 0.3) is 12.2 Å². The van der Waals surface area contributed by atoms with E-state index in [1.807, 2.05) is 0 Å². The van der Waals surface area contributed by atoms with Gasteiger partial charge in [0.15, 0.2) is 17.6 Å². The Morgan fingerprint density at radius 3 is 2.19 bits per heavy atom. The molecule has 0 amide bonds. The third kappa shape index (κ3) is 7.87. The molecule has 0 aromatic heterocycles. The van der Waals surface area contributed by atoms with Crippen molar-refractivity contribution in [2.45, 2.75) is 6.10 Å². The van der Waals surface area contributed by atoms with E-state index in [-0.39, 0.29) is 12.4 Å². The lowest BCUT2D eigenvalue weighted by Crippen LogP contribution is -2.27. The molecule has 8 nitrogen and oxygen atoms in total. The minimum atomic E-state index is -1.00. The highest BCUT2D eigenvalue weighted by atomic mass is 16.6. The Balaban J connectivity index is 1.82. The van der Waals surface area contributed by atoms with Gasteiger partial charge in [0, 0.05) is 12.2 Å². The summed E-state index contributed by atoms with van der Waals surface area (Å²) in [6, 6.07) is 11.7. The van der Waals surface area contributed by atoms with Gasteiger partial charge in [-0.25, -0.2) is 9.59 Å². The first-order valence-corrected chi connectivity index (χ1v) is 9.30. The summed E-state index contributed by atoms with van der Waals surface area (Å²) >= 11 is 0. The average Bonchev–Trinajstić information content (AvgIpc) is 2.79. The molecule has 0 fully saturated rings. The Labute approximate surface area is 179 Å². The van der Waals surface area contributed by atoms with Crippen LogP contribution in [0.15, 0.2) is 54.6 Å². The van der Waals surface area contributed by atoms with Crippen LogP contribution in [0.5, 0.6) is 17.2 Å². The summed E-state index contributed by atoms with van der Waals surface area (Å²) < 4.78 is 20.1. The molecule has 0 bridgehead atoms. The highest BCUT2D eigenvalue weighted by Crippen LogP contribution is 2.26. The number of carbonyl (C=O) groups excluding carboxylic acids is 2. The largest absolute Gasteiger partial charge is 0.504 e. The molecule has 1 atom stereocenters. The van der Waals surface area contributed by atoms with Crippen LogP contribution in [0.3, 0.4) is 0 Å². The fraction of sp³-hybridized carbons (Fsp3) is 0.217. The second-order valence-corrected chi connectivity index (χ2v) is 6.24. The van der Waals surface area contributed by atoms with Gasteiger partial charge in [-0.05, 0) is 47.5 Å². The van der Waals surface area contributed by atoms with Crippen LogP contribution in [0.1, 0.15) is 11.1 Å². The zero-order chi connectivity index (χ0) is 22.6. The molecular formula is C23H24O8. The van der Waals surface area contributed by atoms with Gasteiger partial charge in [-0.2, -0.15) is 0 Å². The molecule has 2 aromatic carbocycles. The number of aromatic hydroxyl groups is 1. The highest BCUT2D eigenvalue weighted by molar-refractivity contribution is 5.88. The summed E-state index contributed by atoms with van der Waals surface area (Å²) in [5.74, 6) is -0.435. The van der Waals surface area contributed by atoms with Crippen LogP contribution < -0.4 is 9.47 Å². The molecule has 8 heteroatoms. The van der Waals surface area contributed by atoms with E-state index in [1.54, 1.807) is 49.6 Å². The Morgan fingerprint density at radius 1 is 0.935 bits per heavy atom. The van der Waals surface area contributed by atoms with Gasteiger partial charge < -0.3 is 29.2 Å². The molecule has 0 aliphatic rings. The Kier molecular flexibility index (Phi) is 9.13. The predicted octanol–water partition coefficient (Wildman–Crippen LogP) is 2.58. The second kappa shape index (κ2) is 12.0. The van der Waals surface area contributed by atoms with Crippen molar-refractivity contribution in [3.8, 4) is 17.2 Å². The number of carbonyl (C=O) groups is 2. The van der Waals surface area contributed by atoms with Crippen LogP contribution in [0, 0.1) is 0 Å². The summed E-state index contributed by atoms with van der Waals surface area (Å²) in [5, 5.41) is 19.1. The van der Waals surface area contributed by atoms with Crippen molar-refractivity contribution in [2.75, 3.05) is 27.4 Å². The van der Waals surface area contributed by atoms with Crippen LogP contribution >= 0.6 is 0 Å². The number of benzene rings is 2. The number of ether oxygens (including phenoxy) is 4. The molecule has 0 radical (unpaired) electrons. The lowest BCUT2D eigenvalue weighted by atomic mass is 10.2. The normalized spacial score (nSPS) is 12.0. The first-order valence-electron chi connectivity index (χ1n) is 9.30. The molecule has 1 unspecified atom stereocenters. The lowest BCUT2D eigenvalue weighted by Gasteiger charge is -2.13. The van der Waals surface area contributed by atoms with Gasteiger partial charge in [-0.3, -0.25) is 0 Å². The number of phenols is 1. The summed E-state index contributed by atoms with van der Waals surface area (Å²) in [4.78, 5) is 23.8. The number of rotatable bonds is 10. The minimum Gasteiger partial charge on any atom is -0.504 e. The molecule has 2 aromatic rings. The molecule has 0 heterocycles. The van der Waals surface area contributed by atoms with Crippen molar-refractivity contribution in [1.29, 1.82) is 0 Å². The van der Waals surface area contributed by atoms with Crippen molar-refractivity contribution in [2.24, 2.45) is 0 Å². The van der Waals surface area contributed by atoms with Gasteiger partial charge in [0.1, 0.15) is 12.4 Å². The molecule has 2 N–H and O–H groups in total. The number of hydrogen-bond donors (Lipinski definition) is 2. The van der Waals surface area contributed by atoms with Crippen molar-refractivity contribution in [3.05, 3.63) is 65.7 Å². The van der Waals surface area contributed by atoms with Gasteiger partial charge in [-0.1, -0.05) is 18.2 Å². The first-order chi connectivity index (χ1) is 14.9. The average molecular weight is 428 g/mol. The highest BCUT2D eigenvalue weighted by Gasteiger charge is 2.14. The molecule has 0 aliphatic carbocycles. The fourth-order valence-corrected chi connectivity index (χ4v) is 2.40. The van der Waals surface area contributed by atoms with E-state index in [0.717, 1.165) is 11.6 Å². The summed E-state index contributed by atoms with van der Waals surface area (Å²) in [5.41, 5.74) is 1.32. The smallest absolute Gasteiger partial charge is 0.331 e. The van der Waals surface area contributed by atoms with E-state index in [4.69, 9.17) is 18.9 Å². The lowest BCUT2D eigenvalue weighted by molar-refractivity contribution is -0.154. The standard InChI is InChI=1S/C23H24O8/c1-28-18-8-3-16(4-9-18)6-12-23(27)31-19(14-24)15-30-22(26)11-7-17-5-10-21(29-2)20(25)13-17/h3-13,19,24-25H,14-15H2,1-2H3. The van der Waals surface area contributed by atoms with Gasteiger partial charge in [0.2, 0.25) is 0 Å². The molecule has 2 rings (SSSR count). The number of aliphatic hydroxyl groups excluding tert-OH is 1. The van der Waals surface area contributed by atoms with E-state index >= 15 is 0 Å². The first kappa shape index (κ1) is 23.5. The molecular weight excluding hydrogens is 404 g/mol. The Morgan fingerprint density at radius 2 is 1.58 bits per heavy atom. The molecule has 0 saturated carbocycles. The van der Waals surface area contributed by atoms with Gasteiger partial charge in [-0.15, -0.1) is 0 Å². The monoisotopic (exact) mass is 428 g/mol. The number of hydrogen-bond acceptors (Lipinski definition) is 8. The number of esters is 2. The van der Waals surface area contributed by atoms with Crippen molar-refractivity contribution < 1.29 is 38.7 Å². The van der Waals surface area contributed by atoms with Crippen molar-refractivity contribution in [1.82, 2.24) is 0 Å². The van der Waals surface area contributed by atoms with Gasteiger partial charge >= 0.3 is 11.9 Å². The summed E-state index contributed by atoms with van der Waals surface area (Å²) in [7, 11) is 2.99. The third-order valence-corrected chi connectivity index (χ3v) is 4.04. The quantitative estimate of drug-likeness (QED) is 0.439. The third-order valence-electron chi connectivity index (χ3n) is 4.04. The van der Waals surface area contributed by atoms with Crippen molar-refractivity contribution >= 4 is 24.1 Å². The molecule has 31 heavy (non-hydrogen) atoms. The second-order valence-electron chi connectivity index (χ2n) is 6.24. The topological polar surface area (TPSA) is 112 Å². The van der Waals surface area contributed by atoms with Gasteiger partial charge in [0.25, 0.3) is 0 Å². The van der Waals surface area contributed by atoms with Crippen LogP contribution in [0.4, 0.5) is 0 Å². The van der Waals surface area contributed by atoms with E-state index in [1.165, 1.54) is 25.3 Å². The maximum atomic E-state index is 11.9. The van der Waals surface area contributed by atoms with E-state index < -0.39 is 24.6 Å². The zero-order valence-corrected chi connectivity index (χ0v) is 17.2. The number of phenolic OH excluding ortho intramolecular Hbond substituents is 1. The zero-order valence-electron chi connectivity index (χ0n) is 17.2.